The van der Waals surface area contributed by atoms with E-state index in [1.54, 1.807) is 0 Å². The van der Waals surface area contributed by atoms with E-state index in [4.69, 9.17) is 9.47 Å². The number of hydrogen-bond acceptors (Lipinski definition) is 2. The number of fused-ring (bicyclic) bond motifs is 4. The van der Waals surface area contributed by atoms with Crippen LogP contribution in [0.2, 0.25) is 0 Å². The molecule has 0 radical (unpaired) electrons. The summed E-state index contributed by atoms with van der Waals surface area (Å²) in [7, 11) is 0. The lowest BCUT2D eigenvalue weighted by atomic mass is 9.98. The molecule has 2 aliphatic heterocycles. The topological polar surface area (TPSA) is 34.9 Å². The Bertz CT molecular complexity index is 1640. The maximum Gasteiger partial charge on any atom is 0.0988 e. The zero-order valence-electron chi connectivity index (χ0n) is 19.9. The molecule has 0 spiro atoms. The van der Waals surface area contributed by atoms with E-state index in [-0.39, 0.29) is 6.10 Å². The summed E-state index contributed by atoms with van der Waals surface area (Å²) in [5, 5.41) is 3.79. The second-order valence-electron chi connectivity index (χ2n) is 9.64. The summed E-state index contributed by atoms with van der Waals surface area (Å²) in [5.41, 5.74) is 8.33. The predicted octanol–water partition coefficient (Wildman–Crippen LogP) is 6.64. The average Bonchev–Trinajstić information content (AvgIpc) is 3.82. The van der Waals surface area contributed by atoms with Gasteiger partial charge in [0, 0.05) is 38.3 Å². The Balaban J connectivity index is 1.42. The quantitative estimate of drug-likeness (QED) is 0.255. The molecule has 2 unspecified atom stereocenters. The number of allylic oxidation sites excluding steroid dienone is 1. The van der Waals surface area contributed by atoms with Crippen LogP contribution in [-0.2, 0) is 22.6 Å². The van der Waals surface area contributed by atoms with Crippen LogP contribution in [0.1, 0.15) is 23.7 Å². The summed E-state index contributed by atoms with van der Waals surface area (Å²) in [4.78, 5) is 0. The van der Waals surface area contributed by atoms with Gasteiger partial charge in [0.15, 0.2) is 0 Å². The zero-order chi connectivity index (χ0) is 23.5. The minimum atomic E-state index is 0.279. The van der Waals surface area contributed by atoms with E-state index < -0.39 is 0 Å². The summed E-state index contributed by atoms with van der Waals surface area (Å²) in [6, 6.07) is 24.1. The highest BCUT2D eigenvalue weighted by atomic mass is 16.6. The van der Waals surface area contributed by atoms with Crippen LogP contribution in [0.5, 0.6) is 0 Å². The Hall–Kier alpha value is -3.60. The van der Waals surface area contributed by atoms with Gasteiger partial charge in [-0.05, 0) is 42.3 Å². The van der Waals surface area contributed by atoms with Crippen molar-refractivity contribution in [2.24, 2.45) is 0 Å². The van der Waals surface area contributed by atoms with Gasteiger partial charge in [0.1, 0.15) is 0 Å². The molecule has 4 heteroatoms. The predicted molar refractivity (Wildman–Crippen MR) is 144 cm³/mol. The van der Waals surface area contributed by atoms with E-state index in [0.29, 0.717) is 6.10 Å². The second-order valence-corrected chi connectivity index (χ2v) is 9.64. The molecular weight excluding hydrogens is 432 g/mol. The number of para-hydroxylation sites is 2. The van der Waals surface area contributed by atoms with Crippen LogP contribution in [-0.4, -0.2) is 34.6 Å². The molecule has 2 atom stereocenters. The van der Waals surface area contributed by atoms with Gasteiger partial charge in [-0.25, -0.2) is 0 Å². The molecule has 4 nitrogen and oxygen atoms in total. The SMILES string of the molecule is C=C(c1ccc2c(c1)c1ccccc1n2CC1CO1)c1c(/C=C\C)c2ccccc2n1CC1CO1. The molecule has 2 aliphatic rings. The van der Waals surface area contributed by atoms with Gasteiger partial charge in [-0.3, -0.25) is 0 Å². The van der Waals surface area contributed by atoms with E-state index in [1.807, 2.05) is 0 Å². The van der Waals surface area contributed by atoms with Crippen molar-refractivity contribution in [1.82, 2.24) is 9.13 Å². The van der Waals surface area contributed by atoms with Crippen LogP contribution in [0, 0.1) is 0 Å². The van der Waals surface area contributed by atoms with Crippen molar-refractivity contribution in [3.63, 3.8) is 0 Å². The molecule has 3 aromatic carbocycles. The molecule has 2 aromatic heterocycles. The van der Waals surface area contributed by atoms with Gasteiger partial charge in [0.05, 0.1) is 44.2 Å². The fourth-order valence-corrected chi connectivity index (χ4v) is 5.51. The summed E-state index contributed by atoms with van der Waals surface area (Å²) in [5.74, 6) is 0. The number of hydrogen-bond donors (Lipinski definition) is 0. The second kappa shape index (κ2) is 7.98. The molecule has 0 saturated carbocycles. The molecule has 0 N–H and O–H groups in total. The molecule has 2 saturated heterocycles. The van der Waals surface area contributed by atoms with Gasteiger partial charge in [-0.1, -0.05) is 61.2 Å². The molecule has 0 amide bonds. The minimum absolute atomic E-state index is 0.279. The Morgan fingerprint density at radius 1 is 0.829 bits per heavy atom. The highest BCUT2D eigenvalue weighted by Gasteiger charge is 2.28. The van der Waals surface area contributed by atoms with E-state index in [1.165, 1.54) is 44.0 Å². The van der Waals surface area contributed by atoms with Crippen molar-refractivity contribution < 1.29 is 9.47 Å². The third kappa shape index (κ3) is 3.44. The summed E-state index contributed by atoms with van der Waals surface area (Å²) >= 11 is 0. The lowest BCUT2D eigenvalue weighted by Gasteiger charge is -2.14. The van der Waals surface area contributed by atoms with Gasteiger partial charge in [0.25, 0.3) is 0 Å². The number of rotatable bonds is 7. The first kappa shape index (κ1) is 20.7. The monoisotopic (exact) mass is 460 g/mol. The molecule has 0 bridgehead atoms. The fraction of sp³-hybridized carbons (Fsp3) is 0.226. The standard InChI is InChI=1S/C31H28N2O2/c1-3-8-26-24-9-4-7-12-29(24)33(17-23-19-35-23)31(26)20(2)21-13-14-30-27(15-21)25-10-5-6-11-28(25)32(30)16-22-18-34-22/h3-15,22-23H,2,16-19H2,1H3/b8-3-. The molecule has 7 rings (SSSR count). The van der Waals surface area contributed by atoms with Crippen LogP contribution in [0.25, 0.3) is 44.4 Å². The van der Waals surface area contributed by atoms with Crippen LogP contribution < -0.4 is 0 Å². The highest BCUT2D eigenvalue weighted by molar-refractivity contribution is 6.09. The van der Waals surface area contributed by atoms with Crippen molar-refractivity contribution in [3.8, 4) is 0 Å². The van der Waals surface area contributed by atoms with Crippen molar-refractivity contribution in [2.45, 2.75) is 32.2 Å². The summed E-state index contributed by atoms with van der Waals surface area (Å²) in [6.45, 7) is 10.1. The number of ether oxygens (including phenoxy) is 2. The summed E-state index contributed by atoms with van der Waals surface area (Å²) < 4.78 is 16.0. The van der Waals surface area contributed by atoms with Crippen LogP contribution >= 0.6 is 0 Å². The Labute approximate surface area is 204 Å². The van der Waals surface area contributed by atoms with Gasteiger partial charge in [-0.15, -0.1) is 0 Å². The summed E-state index contributed by atoms with van der Waals surface area (Å²) in [6.07, 6.45) is 4.94. The maximum absolute atomic E-state index is 5.63. The van der Waals surface area contributed by atoms with Gasteiger partial charge in [-0.2, -0.15) is 0 Å². The molecule has 2 fully saturated rings. The Kier molecular flexibility index (Phi) is 4.73. The number of epoxide rings is 2. The van der Waals surface area contributed by atoms with E-state index in [2.05, 4.69) is 102 Å². The number of benzene rings is 3. The van der Waals surface area contributed by atoms with Gasteiger partial charge >= 0.3 is 0 Å². The molecule has 174 valence electrons. The van der Waals surface area contributed by atoms with Crippen LogP contribution in [0.15, 0.2) is 79.4 Å². The molecule has 4 heterocycles. The molecule has 35 heavy (non-hydrogen) atoms. The van der Waals surface area contributed by atoms with Crippen molar-refractivity contribution >= 4 is 44.4 Å². The van der Waals surface area contributed by atoms with Crippen molar-refractivity contribution in [2.75, 3.05) is 13.2 Å². The van der Waals surface area contributed by atoms with Crippen molar-refractivity contribution in [3.05, 3.63) is 96.2 Å². The Morgan fingerprint density at radius 2 is 1.43 bits per heavy atom. The van der Waals surface area contributed by atoms with E-state index in [9.17, 15) is 0 Å². The van der Waals surface area contributed by atoms with Gasteiger partial charge in [0.2, 0.25) is 0 Å². The average molecular weight is 461 g/mol. The third-order valence-electron chi connectivity index (χ3n) is 7.33. The fourth-order valence-electron chi connectivity index (χ4n) is 5.51. The first-order valence-corrected chi connectivity index (χ1v) is 12.4. The highest BCUT2D eigenvalue weighted by Crippen LogP contribution is 2.38. The molecular formula is C31H28N2O2. The largest absolute Gasteiger partial charge is 0.371 e. The smallest absolute Gasteiger partial charge is 0.0988 e. The lowest BCUT2D eigenvalue weighted by Crippen LogP contribution is -2.08. The van der Waals surface area contributed by atoms with Gasteiger partial charge < -0.3 is 18.6 Å². The van der Waals surface area contributed by atoms with Crippen LogP contribution in [0.4, 0.5) is 0 Å². The third-order valence-corrected chi connectivity index (χ3v) is 7.33. The number of aromatic nitrogens is 2. The first-order valence-electron chi connectivity index (χ1n) is 12.4. The van der Waals surface area contributed by atoms with Crippen LogP contribution in [0.3, 0.4) is 0 Å². The number of nitrogens with zero attached hydrogens (tertiary/aromatic N) is 2. The lowest BCUT2D eigenvalue weighted by molar-refractivity contribution is 0.385. The molecule has 5 aromatic rings. The first-order chi connectivity index (χ1) is 17.2. The van der Waals surface area contributed by atoms with E-state index in [0.717, 1.165) is 37.4 Å². The van der Waals surface area contributed by atoms with E-state index >= 15 is 0 Å². The zero-order valence-corrected chi connectivity index (χ0v) is 19.9. The normalized spacial score (nSPS) is 19.3. The Morgan fingerprint density at radius 3 is 2.11 bits per heavy atom. The maximum atomic E-state index is 5.63. The van der Waals surface area contributed by atoms with Crippen molar-refractivity contribution in [1.29, 1.82) is 0 Å². The molecule has 0 aliphatic carbocycles. The minimum Gasteiger partial charge on any atom is -0.371 e.